The highest BCUT2D eigenvalue weighted by Crippen LogP contribution is 2.27. The number of fused-ring (bicyclic) bond motifs is 1. The molecule has 0 saturated carbocycles. The molecule has 6 nitrogen and oxygen atoms in total. The molecule has 0 aliphatic carbocycles. The average molecular weight is 462 g/mol. The number of benzene rings is 2. The summed E-state index contributed by atoms with van der Waals surface area (Å²) in [6.07, 6.45) is 9.65. The first-order chi connectivity index (χ1) is 16.6. The standard InChI is InChI=1S/C28H35N3O3/c32-27(33)19-26-28(34)31(17-14-21-6-2-1-3-7-21)20-24-11-10-23(18-25(24)30-26)9-5-4-8-22-12-15-29-16-13-22/h1-3,5-7,9-11,18,22,26,29-30H,4,8,12-17,19-20H2,(H,32,33)/b9-5+/t26-/m1/s1. The van der Waals surface area contributed by atoms with Crippen molar-refractivity contribution >= 4 is 23.6 Å². The molecule has 180 valence electrons. The van der Waals surface area contributed by atoms with Gasteiger partial charge >= 0.3 is 5.97 Å². The minimum absolute atomic E-state index is 0.159. The number of piperidine rings is 1. The lowest BCUT2D eigenvalue weighted by atomic mass is 9.93. The number of carbonyl (C=O) groups is 2. The molecule has 6 heteroatoms. The van der Waals surface area contributed by atoms with E-state index >= 15 is 0 Å². The van der Waals surface area contributed by atoms with Crippen molar-refractivity contribution in [1.29, 1.82) is 0 Å². The second-order valence-corrected chi connectivity index (χ2v) is 9.38. The van der Waals surface area contributed by atoms with Crippen molar-refractivity contribution in [2.75, 3.05) is 25.0 Å². The maximum Gasteiger partial charge on any atom is 0.305 e. The van der Waals surface area contributed by atoms with Crippen LogP contribution in [0.25, 0.3) is 6.08 Å². The predicted molar refractivity (Wildman–Crippen MR) is 136 cm³/mol. The normalized spacial score (nSPS) is 19.0. The number of amides is 1. The second-order valence-electron chi connectivity index (χ2n) is 9.38. The molecule has 2 aromatic rings. The first kappa shape index (κ1) is 24.0. The van der Waals surface area contributed by atoms with E-state index in [1.165, 1.54) is 19.3 Å². The lowest BCUT2D eigenvalue weighted by molar-refractivity contribution is -0.141. The summed E-state index contributed by atoms with van der Waals surface area (Å²) < 4.78 is 0. The summed E-state index contributed by atoms with van der Waals surface area (Å²) in [7, 11) is 0. The highest BCUT2D eigenvalue weighted by atomic mass is 16.4. The third kappa shape index (κ3) is 6.70. The lowest BCUT2D eigenvalue weighted by Crippen LogP contribution is -2.42. The number of rotatable bonds is 9. The van der Waals surface area contributed by atoms with Gasteiger partial charge in [-0.2, -0.15) is 0 Å². The molecule has 34 heavy (non-hydrogen) atoms. The van der Waals surface area contributed by atoms with Crippen molar-refractivity contribution in [3.8, 4) is 0 Å². The number of anilines is 1. The summed E-state index contributed by atoms with van der Waals surface area (Å²) in [5.41, 5.74) is 4.09. The number of carboxylic acids is 1. The molecule has 0 bridgehead atoms. The number of carboxylic acid groups (broad SMARTS) is 1. The van der Waals surface area contributed by atoms with Gasteiger partial charge in [0.25, 0.3) is 0 Å². The fourth-order valence-electron chi connectivity index (χ4n) is 4.86. The number of hydrogen-bond donors (Lipinski definition) is 3. The fourth-order valence-corrected chi connectivity index (χ4v) is 4.86. The number of carbonyl (C=O) groups excluding carboxylic acids is 1. The summed E-state index contributed by atoms with van der Waals surface area (Å²) in [6, 6.07) is 15.5. The zero-order chi connectivity index (χ0) is 23.8. The van der Waals surface area contributed by atoms with Gasteiger partial charge in [-0.15, -0.1) is 0 Å². The van der Waals surface area contributed by atoms with Crippen LogP contribution in [0.2, 0.25) is 0 Å². The molecule has 1 saturated heterocycles. The largest absolute Gasteiger partial charge is 0.481 e. The summed E-state index contributed by atoms with van der Waals surface area (Å²) >= 11 is 0. The molecule has 2 heterocycles. The van der Waals surface area contributed by atoms with Gasteiger partial charge in [-0.05, 0) is 73.9 Å². The Morgan fingerprint density at radius 1 is 1.12 bits per heavy atom. The van der Waals surface area contributed by atoms with Crippen LogP contribution in [0.1, 0.15) is 48.8 Å². The van der Waals surface area contributed by atoms with Gasteiger partial charge in [-0.1, -0.05) is 54.6 Å². The van der Waals surface area contributed by atoms with Crippen molar-refractivity contribution in [1.82, 2.24) is 10.2 Å². The van der Waals surface area contributed by atoms with E-state index in [1.807, 2.05) is 36.4 Å². The Hall–Kier alpha value is -3.12. The summed E-state index contributed by atoms with van der Waals surface area (Å²) in [4.78, 5) is 26.5. The summed E-state index contributed by atoms with van der Waals surface area (Å²) in [5.74, 6) is -0.330. The molecule has 0 spiro atoms. The number of nitrogens with zero attached hydrogens (tertiary/aromatic N) is 1. The van der Waals surface area contributed by atoms with Gasteiger partial charge in [-0.3, -0.25) is 9.59 Å². The Morgan fingerprint density at radius 3 is 2.68 bits per heavy atom. The number of hydrogen-bond acceptors (Lipinski definition) is 4. The van der Waals surface area contributed by atoms with Crippen molar-refractivity contribution in [3.63, 3.8) is 0 Å². The van der Waals surface area contributed by atoms with Crippen LogP contribution in [0, 0.1) is 5.92 Å². The molecule has 0 radical (unpaired) electrons. The molecule has 0 unspecified atom stereocenters. The highest BCUT2D eigenvalue weighted by molar-refractivity contribution is 5.90. The van der Waals surface area contributed by atoms with Crippen LogP contribution in [0.5, 0.6) is 0 Å². The van der Waals surface area contributed by atoms with E-state index in [4.69, 9.17) is 0 Å². The van der Waals surface area contributed by atoms with Crippen LogP contribution < -0.4 is 10.6 Å². The van der Waals surface area contributed by atoms with Gasteiger partial charge in [0.1, 0.15) is 6.04 Å². The molecule has 1 amide bonds. The van der Waals surface area contributed by atoms with Gasteiger partial charge in [0, 0.05) is 18.8 Å². The van der Waals surface area contributed by atoms with E-state index in [0.29, 0.717) is 13.1 Å². The fraction of sp³-hybridized carbons (Fsp3) is 0.429. The van der Waals surface area contributed by atoms with Gasteiger partial charge in [0.2, 0.25) is 5.91 Å². The Bertz CT molecular complexity index is 999. The minimum atomic E-state index is -0.980. The first-order valence-corrected chi connectivity index (χ1v) is 12.4. The van der Waals surface area contributed by atoms with Crippen LogP contribution in [-0.4, -0.2) is 47.6 Å². The van der Waals surface area contributed by atoms with E-state index in [2.05, 4.69) is 34.9 Å². The Kier molecular flexibility index (Phi) is 8.36. The smallest absolute Gasteiger partial charge is 0.305 e. The Labute approximate surface area is 202 Å². The van der Waals surface area contributed by atoms with Crippen LogP contribution in [0.3, 0.4) is 0 Å². The van der Waals surface area contributed by atoms with Crippen LogP contribution in [-0.2, 0) is 22.6 Å². The molecule has 1 atom stereocenters. The van der Waals surface area contributed by atoms with Crippen LogP contribution in [0.4, 0.5) is 5.69 Å². The molecular formula is C28H35N3O3. The van der Waals surface area contributed by atoms with E-state index in [0.717, 1.165) is 54.2 Å². The minimum Gasteiger partial charge on any atom is -0.481 e. The Morgan fingerprint density at radius 2 is 1.91 bits per heavy atom. The van der Waals surface area contributed by atoms with E-state index in [9.17, 15) is 14.7 Å². The zero-order valence-electron chi connectivity index (χ0n) is 19.7. The van der Waals surface area contributed by atoms with Crippen molar-refractivity contribution < 1.29 is 14.7 Å². The third-order valence-corrected chi connectivity index (χ3v) is 6.84. The highest BCUT2D eigenvalue weighted by Gasteiger charge is 2.30. The van der Waals surface area contributed by atoms with E-state index < -0.39 is 12.0 Å². The monoisotopic (exact) mass is 461 g/mol. The topological polar surface area (TPSA) is 81.7 Å². The first-order valence-electron chi connectivity index (χ1n) is 12.4. The average Bonchev–Trinajstić information content (AvgIpc) is 2.97. The molecule has 4 rings (SSSR count). The number of allylic oxidation sites excluding steroid dienone is 1. The molecule has 2 aliphatic heterocycles. The third-order valence-electron chi connectivity index (χ3n) is 6.84. The van der Waals surface area contributed by atoms with Crippen LogP contribution in [0.15, 0.2) is 54.6 Å². The molecule has 2 aliphatic rings. The molecule has 3 N–H and O–H groups in total. The molecular weight excluding hydrogens is 426 g/mol. The Balaban J connectivity index is 1.44. The van der Waals surface area contributed by atoms with E-state index in [-0.39, 0.29) is 12.3 Å². The van der Waals surface area contributed by atoms with Gasteiger partial charge in [0.05, 0.1) is 6.42 Å². The SMILES string of the molecule is O=C(O)C[C@H]1Nc2cc(/C=C/CCC3CCNCC3)ccc2CN(CCc2ccccc2)C1=O. The lowest BCUT2D eigenvalue weighted by Gasteiger charge is -2.24. The summed E-state index contributed by atoms with van der Waals surface area (Å²) in [5, 5.41) is 16.0. The quantitative estimate of drug-likeness (QED) is 0.518. The zero-order valence-corrected chi connectivity index (χ0v) is 19.7. The van der Waals surface area contributed by atoms with Crippen molar-refractivity contribution in [2.45, 2.75) is 51.1 Å². The molecule has 2 aromatic carbocycles. The maximum atomic E-state index is 13.2. The molecule has 1 fully saturated rings. The summed E-state index contributed by atoms with van der Waals surface area (Å²) in [6.45, 7) is 3.29. The van der Waals surface area contributed by atoms with Gasteiger partial charge in [0.15, 0.2) is 0 Å². The maximum absolute atomic E-state index is 13.2. The number of aliphatic carboxylic acids is 1. The van der Waals surface area contributed by atoms with Crippen LogP contribution >= 0.6 is 0 Å². The van der Waals surface area contributed by atoms with Crippen molar-refractivity contribution in [2.24, 2.45) is 5.92 Å². The predicted octanol–water partition coefficient (Wildman–Crippen LogP) is 4.32. The van der Waals surface area contributed by atoms with E-state index in [1.54, 1.807) is 4.90 Å². The van der Waals surface area contributed by atoms with Gasteiger partial charge in [-0.25, -0.2) is 0 Å². The molecule has 0 aromatic heterocycles. The number of nitrogens with one attached hydrogen (secondary N) is 2. The van der Waals surface area contributed by atoms with Gasteiger partial charge < -0.3 is 20.6 Å². The van der Waals surface area contributed by atoms with Crippen molar-refractivity contribution in [3.05, 3.63) is 71.3 Å². The second kappa shape index (κ2) is 11.8.